The molecule has 0 aromatic heterocycles. The Kier molecular flexibility index (Phi) is 15.7. The van der Waals surface area contributed by atoms with E-state index in [0.29, 0.717) is 5.91 Å². The summed E-state index contributed by atoms with van der Waals surface area (Å²) in [6, 6.07) is 0. The summed E-state index contributed by atoms with van der Waals surface area (Å²) in [4.78, 5) is 14.2. The van der Waals surface area contributed by atoms with Crippen LogP contribution in [-0.2, 0) is 4.79 Å². The second-order valence-electron chi connectivity index (χ2n) is 7.82. The summed E-state index contributed by atoms with van der Waals surface area (Å²) in [5.74, 6) is 0.367. The molecule has 1 amide bonds. The van der Waals surface area contributed by atoms with E-state index in [9.17, 15) is 4.79 Å². The monoisotopic (exact) mass is 364 g/mol. The molecule has 1 fully saturated rings. The van der Waals surface area contributed by atoms with Crippen LogP contribution in [0.15, 0.2) is 12.2 Å². The normalized spacial score (nSPS) is 15.5. The molecule has 0 aromatic carbocycles. The molecular formula is C23H44N2O. The van der Waals surface area contributed by atoms with Gasteiger partial charge in [0.2, 0.25) is 5.91 Å². The molecule has 0 radical (unpaired) electrons. The summed E-state index contributed by atoms with van der Waals surface area (Å²) >= 11 is 0. The number of amides is 1. The van der Waals surface area contributed by atoms with Crippen molar-refractivity contribution in [1.82, 2.24) is 10.2 Å². The van der Waals surface area contributed by atoms with Crippen molar-refractivity contribution >= 4 is 5.91 Å². The zero-order chi connectivity index (χ0) is 18.7. The molecule has 0 atom stereocenters. The van der Waals surface area contributed by atoms with Crippen LogP contribution in [-0.4, -0.2) is 37.0 Å². The minimum Gasteiger partial charge on any atom is -0.341 e. The highest BCUT2D eigenvalue weighted by Crippen LogP contribution is 2.11. The molecule has 1 saturated heterocycles. The number of carbonyl (C=O) groups is 1. The lowest BCUT2D eigenvalue weighted by molar-refractivity contribution is -0.131. The fourth-order valence-corrected chi connectivity index (χ4v) is 3.60. The number of nitrogens with zero attached hydrogens (tertiary/aromatic N) is 1. The minimum absolute atomic E-state index is 0.367. The van der Waals surface area contributed by atoms with E-state index in [2.05, 4.69) is 29.3 Å². The molecule has 0 unspecified atom stereocenters. The van der Waals surface area contributed by atoms with Crippen molar-refractivity contribution in [3.63, 3.8) is 0 Å². The SMILES string of the molecule is CCCCCCCC/C=C\CCCCCCCC(=O)N1CCCNCC1. The molecule has 0 aliphatic carbocycles. The Morgan fingerprint density at radius 3 is 2.12 bits per heavy atom. The Labute approximate surface area is 163 Å². The molecule has 1 aliphatic rings. The summed E-state index contributed by atoms with van der Waals surface area (Å²) in [5.41, 5.74) is 0. The molecule has 0 bridgehead atoms. The first-order valence-corrected chi connectivity index (χ1v) is 11.5. The molecular weight excluding hydrogens is 320 g/mol. The van der Waals surface area contributed by atoms with Crippen molar-refractivity contribution < 1.29 is 4.79 Å². The summed E-state index contributed by atoms with van der Waals surface area (Å²) in [6.45, 7) is 6.12. The number of hydrogen-bond acceptors (Lipinski definition) is 2. The molecule has 3 heteroatoms. The second-order valence-corrected chi connectivity index (χ2v) is 7.82. The van der Waals surface area contributed by atoms with Gasteiger partial charge in [0.1, 0.15) is 0 Å². The highest BCUT2D eigenvalue weighted by Gasteiger charge is 2.14. The maximum Gasteiger partial charge on any atom is 0.222 e. The van der Waals surface area contributed by atoms with Crippen LogP contribution in [0.1, 0.15) is 103 Å². The lowest BCUT2D eigenvalue weighted by atomic mass is 10.1. The van der Waals surface area contributed by atoms with Crippen molar-refractivity contribution in [2.75, 3.05) is 26.2 Å². The zero-order valence-corrected chi connectivity index (χ0v) is 17.4. The third kappa shape index (κ3) is 13.4. The smallest absolute Gasteiger partial charge is 0.222 e. The van der Waals surface area contributed by atoms with Gasteiger partial charge < -0.3 is 10.2 Å². The standard InChI is InChI=1S/C23H44N2O/c1-2-3-4-5-6-7-8-9-10-11-12-13-14-15-16-18-23(26)25-21-17-19-24-20-22-25/h9-10,24H,2-8,11-22H2,1H3/b10-9-. The topological polar surface area (TPSA) is 32.3 Å². The first-order valence-electron chi connectivity index (χ1n) is 11.5. The van der Waals surface area contributed by atoms with E-state index < -0.39 is 0 Å². The van der Waals surface area contributed by atoms with Crippen molar-refractivity contribution in [2.24, 2.45) is 0 Å². The highest BCUT2D eigenvalue weighted by molar-refractivity contribution is 5.76. The van der Waals surface area contributed by atoms with Gasteiger partial charge in [0, 0.05) is 26.1 Å². The van der Waals surface area contributed by atoms with E-state index in [1.54, 1.807) is 0 Å². The van der Waals surface area contributed by atoms with Gasteiger partial charge in [0.15, 0.2) is 0 Å². The molecule has 0 spiro atoms. The molecule has 0 saturated carbocycles. The maximum atomic E-state index is 12.2. The maximum absolute atomic E-state index is 12.2. The highest BCUT2D eigenvalue weighted by atomic mass is 16.2. The molecule has 1 rings (SSSR count). The van der Waals surface area contributed by atoms with E-state index in [1.807, 2.05) is 0 Å². The minimum atomic E-state index is 0.367. The van der Waals surface area contributed by atoms with Gasteiger partial charge in [-0.1, -0.05) is 70.4 Å². The molecule has 1 N–H and O–H groups in total. The number of rotatable bonds is 15. The second kappa shape index (κ2) is 17.6. The van der Waals surface area contributed by atoms with Gasteiger partial charge in [0.05, 0.1) is 0 Å². The number of allylic oxidation sites excluding steroid dienone is 2. The van der Waals surface area contributed by atoms with Crippen molar-refractivity contribution in [2.45, 2.75) is 103 Å². The first-order chi connectivity index (χ1) is 12.8. The van der Waals surface area contributed by atoms with Gasteiger partial charge in [-0.2, -0.15) is 0 Å². The van der Waals surface area contributed by atoms with Crippen LogP contribution in [0.4, 0.5) is 0 Å². The van der Waals surface area contributed by atoms with Crippen LogP contribution < -0.4 is 5.32 Å². The lowest BCUT2D eigenvalue weighted by Gasteiger charge is -2.19. The Hall–Kier alpha value is -0.830. The summed E-state index contributed by atoms with van der Waals surface area (Å²) in [5, 5.41) is 3.35. The molecule has 152 valence electrons. The van der Waals surface area contributed by atoms with Gasteiger partial charge in [-0.25, -0.2) is 0 Å². The third-order valence-corrected chi connectivity index (χ3v) is 5.35. The summed E-state index contributed by atoms with van der Waals surface area (Å²) < 4.78 is 0. The van der Waals surface area contributed by atoms with Crippen LogP contribution in [0.25, 0.3) is 0 Å². The fraction of sp³-hybridized carbons (Fsp3) is 0.870. The lowest BCUT2D eigenvalue weighted by Crippen LogP contribution is -2.33. The van der Waals surface area contributed by atoms with Gasteiger partial charge in [-0.05, 0) is 45.1 Å². The third-order valence-electron chi connectivity index (χ3n) is 5.35. The van der Waals surface area contributed by atoms with E-state index >= 15 is 0 Å². The van der Waals surface area contributed by atoms with Gasteiger partial charge in [0.25, 0.3) is 0 Å². The van der Waals surface area contributed by atoms with Crippen molar-refractivity contribution in [3.05, 3.63) is 12.2 Å². The van der Waals surface area contributed by atoms with Crippen LogP contribution >= 0.6 is 0 Å². The molecule has 26 heavy (non-hydrogen) atoms. The van der Waals surface area contributed by atoms with Gasteiger partial charge in [-0.15, -0.1) is 0 Å². The summed E-state index contributed by atoms with van der Waals surface area (Å²) in [7, 11) is 0. The molecule has 1 heterocycles. The number of carbonyl (C=O) groups excluding carboxylic acids is 1. The van der Waals surface area contributed by atoms with Crippen LogP contribution in [0.2, 0.25) is 0 Å². The van der Waals surface area contributed by atoms with E-state index in [1.165, 1.54) is 77.0 Å². The van der Waals surface area contributed by atoms with Crippen molar-refractivity contribution in [1.29, 1.82) is 0 Å². The Balaban J connectivity index is 1.82. The van der Waals surface area contributed by atoms with Crippen molar-refractivity contribution in [3.8, 4) is 0 Å². The predicted molar refractivity (Wildman–Crippen MR) is 114 cm³/mol. The first kappa shape index (κ1) is 23.2. The van der Waals surface area contributed by atoms with Crippen LogP contribution in [0, 0.1) is 0 Å². The Morgan fingerprint density at radius 1 is 0.808 bits per heavy atom. The predicted octanol–water partition coefficient (Wildman–Crippen LogP) is 5.85. The average Bonchev–Trinajstić information content (AvgIpc) is 2.94. The van der Waals surface area contributed by atoms with Crippen LogP contribution in [0.3, 0.4) is 0 Å². The molecule has 0 aromatic rings. The Morgan fingerprint density at radius 2 is 1.42 bits per heavy atom. The van der Waals surface area contributed by atoms with Crippen LogP contribution in [0.5, 0.6) is 0 Å². The van der Waals surface area contributed by atoms with Gasteiger partial charge in [-0.3, -0.25) is 4.79 Å². The van der Waals surface area contributed by atoms with E-state index in [-0.39, 0.29) is 0 Å². The summed E-state index contributed by atoms with van der Waals surface area (Å²) in [6.07, 6.45) is 23.6. The quantitative estimate of drug-likeness (QED) is 0.292. The average molecular weight is 365 g/mol. The molecule has 1 aliphatic heterocycles. The zero-order valence-electron chi connectivity index (χ0n) is 17.4. The Bertz CT molecular complexity index is 346. The number of nitrogens with one attached hydrogen (secondary N) is 1. The number of hydrogen-bond donors (Lipinski definition) is 1. The largest absolute Gasteiger partial charge is 0.341 e. The molecule has 3 nitrogen and oxygen atoms in total. The van der Waals surface area contributed by atoms with E-state index in [4.69, 9.17) is 0 Å². The fourth-order valence-electron chi connectivity index (χ4n) is 3.60. The number of unbranched alkanes of at least 4 members (excludes halogenated alkanes) is 11. The van der Waals surface area contributed by atoms with E-state index in [0.717, 1.165) is 45.4 Å². The van der Waals surface area contributed by atoms with Gasteiger partial charge >= 0.3 is 0 Å².